The molecule has 1 amide bonds. The number of aromatic nitrogens is 2. The molecule has 3 rings (SSSR count). The molecule has 2 fully saturated rings. The zero-order chi connectivity index (χ0) is 17.1. The van der Waals surface area contributed by atoms with Crippen LogP contribution in [0.1, 0.15) is 64.6 Å². The van der Waals surface area contributed by atoms with Gasteiger partial charge in [0.2, 0.25) is 5.91 Å². The van der Waals surface area contributed by atoms with Gasteiger partial charge in [0, 0.05) is 38.4 Å². The summed E-state index contributed by atoms with van der Waals surface area (Å²) in [5.41, 5.74) is 1.26. The van der Waals surface area contributed by atoms with Gasteiger partial charge in [-0.1, -0.05) is 33.1 Å². The molecule has 1 aromatic rings. The quantitative estimate of drug-likeness (QED) is 0.832. The third kappa shape index (κ3) is 3.82. The van der Waals surface area contributed by atoms with Crippen molar-refractivity contribution >= 4 is 5.91 Å². The first kappa shape index (κ1) is 17.5. The molecule has 134 valence electrons. The first-order chi connectivity index (χ1) is 11.6. The minimum absolute atomic E-state index is 0.0350. The van der Waals surface area contributed by atoms with Crippen LogP contribution in [0.5, 0.6) is 0 Å². The molecule has 1 saturated carbocycles. The van der Waals surface area contributed by atoms with Crippen LogP contribution in [0.3, 0.4) is 0 Å². The van der Waals surface area contributed by atoms with Gasteiger partial charge in [-0.3, -0.25) is 9.69 Å². The van der Waals surface area contributed by atoms with Crippen molar-refractivity contribution in [3.05, 3.63) is 18.2 Å². The highest BCUT2D eigenvalue weighted by Crippen LogP contribution is 2.29. The maximum atomic E-state index is 12.6. The number of hydrogen-bond donors (Lipinski definition) is 0. The Bertz CT molecular complexity index is 547. The Kier molecular flexibility index (Phi) is 5.59. The average molecular weight is 332 g/mol. The van der Waals surface area contributed by atoms with Crippen molar-refractivity contribution in [1.82, 2.24) is 19.4 Å². The molecule has 1 aliphatic heterocycles. The van der Waals surface area contributed by atoms with Gasteiger partial charge >= 0.3 is 0 Å². The molecule has 1 aromatic heterocycles. The van der Waals surface area contributed by atoms with E-state index in [4.69, 9.17) is 0 Å². The predicted molar refractivity (Wildman–Crippen MR) is 95.6 cm³/mol. The van der Waals surface area contributed by atoms with Crippen molar-refractivity contribution in [2.24, 2.45) is 5.92 Å². The van der Waals surface area contributed by atoms with Gasteiger partial charge in [-0.2, -0.15) is 0 Å². The maximum absolute atomic E-state index is 12.6. The lowest BCUT2D eigenvalue weighted by Crippen LogP contribution is -2.56. The van der Waals surface area contributed by atoms with Crippen LogP contribution in [0.15, 0.2) is 12.5 Å². The number of imidazole rings is 1. The molecule has 1 atom stereocenters. The Morgan fingerprint density at radius 2 is 1.96 bits per heavy atom. The predicted octanol–water partition coefficient (Wildman–Crippen LogP) is 3.08. The summed E-state index contributed by atoms with van der Waals surface area (Å²) >= 11 is 0. The summed E-state index contributed by atoms with van der Waals surface area (Å²) in [5, 5.41) is 0. The van der Waals surface area contributed by atoms with Crippen LogP contribution in [0.4, 0.5) is 0 Å². The zero-order valence-corrected chi connectivity index (χ0v) is 15.4. The topological polar surface area (TPSA) is 41.4 Å². The van der Waals surface area contributed by atoms with Crippen molar-refractivity contribution < 1.29 is 4.79 Å². The molecule has 5 heteroatoms. The van der Waals surface area contributed by atoms with Gasteiger partial charge in [-0.15, -0.1) is 0 Å². The van der Waals surface area contributed by atoms with E-state index in [9.17, 15) is 4.79 Å². The highest BCUT2D eigenvalue weighted by molar-refractivity contribution is 5.82. The lowest BCUT2D eigenvalue weighted by Gasteiger charge is -2.40. The van der Waals surface area contributed by atoms with Gasteiger partial charge in [0.15, 0.2) is 0 Å². The number of piperazine rings is 1. The van der Waals surface area contributed by atoms with E-state index in [1.165, 1.54) is 37.8 Å². The van der Waals surface area contributed by atoms with E-state index >= 15 is 0 Å². The summed E-state index contributed by atoms with van der Waals surface area (Å²) in [6, 6.07) is 0.566. The summed E-state index contributed by atoms with van der Waals surface area (Å²) < 4.78 is 2.37. The second kappa shape index (κ2) is 7.68. The Labute approximate surface area is 146 Å². The summed E-state index contributed by atoms with van der Waals surface area (Å²) in [6.07, 6.45) is 10.5. The highest BCUT2D eigenvalue weighted by Gasteiger charge is 2.32. The van der Waals surface area contributed by atoms with E-state index in [0.29, 0.717) is 12.0 Å². The van der Waals surface area contributed by atoms with E-state index in [1.54, 1.807) is 0 Å². The molecule has 5 nitrogen and oxygen atoms in total. The maximum Gasteiger partial charge on any atom is 0.239 e. The van der Waals surface area contributed by atoms with Crippen molar-refractivity contribution in [2.75, 3.05) is 19.6 Å². The smallest absolute Gasteiger partial charge is 0.239 e. The van der Waals surface area contributed by atoms with Crippen molar-refractivity contribution in [3.63, 3.8) is 0 Å². The van der Waals surface area contributed by atoms with E-state index < -0.39 is 0 Å². The number of amides is 1. The molecule has 0 radical (unpaired) electrons. The number of hydrogen-bond acceptors (Lipinski definition) is 3. The van der Waals surface area contributed by atoms with E-state index in [2.05, 4.69) is 35.2 Å². The minimum Gasteiger partial charge on any atom is -0.340 e. The van der Waals surface area contributed by atoms with E-state index in [-0.39, 0.29) is 11.9 Å². The molecule has 0 N–H and O–H groups in total. The van der Waals surface area contributed by atoms with Crippen molar-refractivity contribution in [3.8, 4) is 0 Å². The third-order valence-corrected chi connectivity index (χ3v) is 5.54. The Hall–Kier alpha value is -1.36. The van der Waals surface area contributed by atoms with Crippen LogP contribution in [0.25, 0.3) is 0 Å². The molecule has 0 spiro atoms. The molecule has 1 aliphatic carbocycles. The summed E-state index contributed by atoms with van der Waals surface area (Å²) in [6.45, 7) is 9.90. The second-order valence-corrected chi connectivity index (χ2v) is 7.91. The van der Waals surface area contributed by atoms with Gasteiger partial charge in [0.05, 0.1) is 18.1 Å². The van der Waals surface area contributed by atoms with Gasteiger partial charge in [-0.05, 0) is 25.7 Å². The standard InChI is InChI=1S/C19H32N4O/c1-15(2)12-22-10-9-21(16(3)19(22)24)13-18-11-20-14-23(18)17-7-5-4-6-8-17/h11,14-17H,4-10,12-13H2,1-3H3/t16-/m1/s1. The molecule has 0 unspecified atom stereocenters. The highest BCUT2D eigenvalue weighted by atomic mass is 16.2. The van der Waals surface area contributed by atoms with Crippen molar-refractivity contribution in [2.45, 2.75) is 71.5 Å². The van der Waals surface area contributed by atoms with Gasteiger partial charge in [-0.25, -0.2) is 4.98 Å². The molecule has 0 bridgehead atoms. The molecular formula is C19H32N4O. The minimum atomic E-state index is -0.0350. The molecule has 2 heterocycles. The second-order valence-electron chi connectivity index (χ2n) is 7.91. The van der Waals surface area contributed by atoms with E-state index in [0.717, 1.165) is 26.2 Å². The number of rotatable bonds is 5. The normalized spacial score (nSPS) is 24.1. The number of carbonyl (C=O) groups excluding carboxylic acids is 1. The fourth-order valence-corrected chi connectivity index (χ4v) is 4.16. The van der Waals surface area contributed by atoms with Crippen LogP contribution < -0.4 is 0 Å². The first-order valence-electron chi connectivity index (χ1n) is 9.59. The first-order valence-corrected chi connectivity index (χ1v) is 9.59. The molecule has 2 aliphatic rings. The molecule has 0 aromatic carbocycles. The largest absolute Gasteiger partial charge is 0.340 e. The molecular weight excluding hydrogens is 300 g/mol. The Morgan fingerprint density at radius 1 is 1.21 bits per heavy atom. The summed E-state index contributed by atoms with van der Waals surface area (Å²) in [5.74, 6) is 0.805. The van der Waals surface area contributed by atoms with Gasteiger partial charge in [0.25, 0.3) is 0 Å². The van der Waals surface area contributed by atoms with Gasteiger partial charge < -0.3 is 9.47 Å². The lowest BCUT2D eigenvalue weighted by atomic mass is 9.95. The summed E-state index contributed by atoms with van der Waals surface area (Å²) in [7, 11) is 0. The fourth-order valence-electron chi connectivity index (χ4n) is 4.16. The van der Waals surface area contributed by atoms with Crippen LogP contribution in [-0.4, -0.2) is 50.9 Å². The van der Waals surface area contributed by atoms with Crippen LogP contribution >= 0.6 is 0 Å². The van der Waals surface area contributed by atoms with Gasteiger partial charge in [0.1, 0.15) is 0 Å². The Morgan fingerprint density at radius 3 is 2.67 bits per heavy atom. The zero-order valence-electron chi connectivity index (χ0n) is 15.4. The Balaban J connectivity index is 1.65. The van der Waals surface area contributed by atoms with Crippen molar-refractivity contribution in [1.29, 1.82) is 0 Å². The number of nitrogens with zero attached hydrogens (tertiary/aromatic N) is 4. The van der Waals surface area contributed by atoms with Crippen LogP contribution in [0, 0.1) is 5.92 Å². The molecule has 24 heavy (non-hydrogen) atoms. The number of carbonyl (C=O) groups is 1. The summed E-state index contributed by atoms with van der Waals surface area (Å²) in [4.78, 5) is 21.4. The monoisotopic (exact) mass is 332 g/mol. The SMILES string of the molecule is CC(C)CN1CCN(Cc2cncn2C2CCCCC2)[C@H](C)C1=O. The van der Waals surface area contributed by atoms with Crippen LogP contribution in [-0.2, 0) is 11.3 Å². The third-order valence-electron chi connectivity index (χ3n) is 5.54. The average Bonchev–Trinajstić information content (AvgIpc) is 3.03. The van der Waals surface area contributed by atoms with E-state index in [1.807, 2.05) is 17.4 Å². The molecule has 1 saturated heterocycles. The lowest BCUT2D eigenvalue weighted by molar-refractivity contribution is -0.142. The van der Waals surface area contributed by atoms with Crippen LogP contribution in [0.2, 0.25) is 0 Å². The fraction of sp³-hybridized carbons (Fsp3) is 0.789.